The molecule has 0 heterocycles. The van der Waals surface area contributed by atoms with Crippen LogP contribution in [0.25, 0.3) is 11.1 Å². The molecular formula is C39H38Cl2. The van der Waals surface area contributed by atoms with Crippen molar-refractivity contribution in [1.82, 2.24) is 0 Å². The third-order valence-electron chi connectivity index (χ3n) is 9.34. The second kappa shape index (κ2) is 10.3. The zero-order chi connectivity index (χ0) is 29.1. The molecule has 0 saturated carbocycles. The van der Waals surface area contributed by atoms with Crippen molar-refractivity contribution in [2.45, 2.75) is 69.5 Å². The Morgan fingerprint density at radius 2 is 0.878 bits per heavy atom. The first-order valence-corrected chi connectivity index (χ1v) is 15.5. The van der Waals surface area contributed by atoms with Crippen LogP contribution in [0.3, 0.4) is 0 Å². The maximum Gasteiger partial charge on any atom is 0.0940 e. The number of hydrogen-bond acceptors (Lipinski definition) is 0. The Morgan fingerprint density at radius 3 is 1.22 bits per heavy atom. The van der Waals surface area contributed by atoms with Crippen LogP contribution in [0.2, 0.25) is 0 Å². The smallest absolute Gasteiger partial charge is 0.0940 e. The highest BCUT2D eigenvalue weighted by atomic mass is 35.5. The zero-order valence-electron chi connectivity index (χ0n) is 24.9. The molecular weight excluding hydrogens is 539 g/mol. The lowest BCUT2D eigenvalue weighted by Crippen LogP contribution is -2.30. The largest absolute Gasteiger partial charge is 0.109 e. The lowest BCUT2D eigenvalue weighted by Gasteiger charge is -2.36. The van der Waals surface area contributed by atoms with Crippen LogP contribution in [0.4, 0.5) is 0 Å². The maximum atomic E-state index is 8.01. The predicted octanol–water partition coefficient (Wildman–Crippen LogP) is 11.6. The van der Waals surface area contributed by atoms with E-state index >= 15 is 0 Å². The third kappa shape index (κ3) is 4.26. The Morgan fingerprint density at radius 1 is 0.512 bits per heavy atom. The van der Waals surface area contributed by atoms with E-state index in [4.69, 9.17) is 23.2 Å². The predicted molar refractivity (Wildman–Crippen MR) is 177 cm³/mol. The van der Waals surface area contributed by atoms with Crippen molar-refractivity contribution in [3.63, 3.8) is 0 Å². The SMILES string of the molecule is CC1=C(c2ccccc2)c2c(C(C)C)cccc2C1(Cl)CC1(Cl)C(C)=C(c2ccccc2)c2c(C(C)C)cccc21. The van der Waals surface area contributed by atoms with Gasteiger partial charge in [-0.1, -0.05) is 125 Å². The van der Waals surface area contributed by atoms with Crippen molar-refractivity contribution < 1.29 is 0 Å². The normalized spacial score (nSPS) is 21.7. The Labute approximate surface area is 255 Å². The molecule has 208 valence electrons. The van der Waals surface area contributed by atoms with Gasteiger partial charge in [0.15, 0.2) is 0 Å². The van der Waals surface area contributed by atoms with Gasteiger partial charge in [0.25, 0.3) is 0 Å². The number of hydrogen-bond donors (Lipinski definition) is 0. The van der Waals surface area contributed by atoms with Gasteiger partial charge in [-0.05, 0) is 92.5 Å². The van der Waals surface area contributed by atoms with Crippen LogP contribution >= 0.6 is 23.2 Å². The average Bonchev–Trinajstić information content (AvgIpc) is 3.33. The molecule has 41 heavy (non-hydrogen) atoms. The average molecular weight is 578 g/mol. The summed E-state index contributed by atoms with van der Waals surface area (Å²) in [6.45, 7) is 13.5. The molecule has 6 rings (SSSR count). The van der Waals surface area contributed by atoms with Gasteiger partial charge in [0.1, 0.15) is 0 Å². The van der Waals surface area contributed by atoms with E-state index in [1.807, 2.05) is 0 Å². The molecule has 2 heteroatoms. The fraction of sp³-hybridized carbons (Fsp3) is 0.282. The van der Waals surface area contributed by atoms with Crippen molar-refractivity contribution in [1.29, 1.82) is 0 Å². The van der Waals surface area contributed by atoms with E-state index < -0.39 is 9.75 Å². The fourth-order valence-electron chi connectivity index (χ4n) is 7.22. The number of alkyl halides is 2. The summed E-state index contributed by atoms with van der Waals surface area (Å²) in [6.07, 6.45) is 0.566. The number of benzene rings is 4. The van der Waals surface area contributed by atoms with E-state index in [-0.39, 0.29) is 0 Å². The molecule has 0 aliphatic heterocycles. The van der Waals surface area contributed by atoms with Gasteiger partial charge in [-0.15, -0.1) is 23.2 Å². The maximum absolute atomic E-state index is 8.01. The summed E-state index contributed by atoms with van der Waals surface area (Å²) in [4.78, 5) is -1.52. The molecule has 2 unspecified atom stereocenters. The van der Waals surface area contributed by atoms with Gasteiger partial charge in [-0.2, -0.15) is 0 Å². The first-order chi connectivity index (χ1) is 19.6. The third-order valence-corrected chi connectivity index (χ3v) is 10.6. The molecule has 2 atom stereocenters. The van der Waals surface area contributed by atoms with Gasteiger partial charge in [-0.3, -0.25) is 0 Å². The molecule has 0 aromatic heterocycles. The van der Waals surface area contributed by atoms with Crippen molar-refractivity contribution in [2.75, 3.05) is 0 Å². The minimum absolute atomic E-state index is 0.368. The molecule has 2 aliphatic rings. The summed E-state index contributed by atoms with van der Waals surface area (Å²) >= 11 is 16.0. The topological polar surface area (TPSA) is 0 Å². The molecule has 0 nitrogen and oxygen atoms in total. The molecule has 0 spiro atoms. The minimum Gasteiger partial charge on any atom is -0.109 e. The molecule has 0 bridgehead atoms. The summed E-state index contributed by atoms with van der Waals surface area (Å²) < 4.78 is 0. The van der Waals surface area contributed by atoms with E-state index in [9.17, 15) is 0 Å². The molecule has 4 aromatic rings. The summed E-state index contributed by atoms with van der Waals surface area (Å²) in [7, 11) is 0. The van der Waals surface area contributed by atoms with Gasteiger partial charge in [-0.25, -0.2) is 0 Å². The van der Waals surface area contributed by atoms with Crippen LogP contribution in [0.5, 0.6) is 0 Å². The van der Waals surface area contributed by atoms with Gasteiger partial charge in [0, 0.05) is 6.42 Å². The van der Waals surface area contributed by atoms with Gasteiger partial charge < -0.3 is 0 Å². The van der Waals surface area contributed by atoms with Crippen LogP contribution in [-0.4, -0.2) is 0 Å². The monoisotopic (exact) mass is 576 g/mol. The minimum atomic E-state index is -0.758. The summed E-state index contributed by atoms with van der Waals surface area (Å²) in [6, 6.07) is 34.8. The van der Waals surface area contributed by atoms with Crippen LogP contribution < -0.4 is 0 Å². The highest BCUT2D eigenvalue weighted by molar-refractivity contribution is 6.32. The lowest BCUT2D eigenvalue weighted by molar-refractivity contribution is 0.544. The van der Waals surface area contributed by atoms with Gasteiger partial charge in [0.05, 0.1) is 9.75 Å². The summed E-state index contributed by atoms with van der Waals surface area (Å²) in [5.74, 6) is 0.736. The number of fused-ring (bicyclic) bond motifs is 2. The summed E-state index contributed by atoms with van der Waals surface area (Å²) in [5.41, 5.74) is 14.8. The van der Waals surface area contributed by atoms with Crippen LogP contribution in [-0.2, 0) is 9.75 Å². The molecule has 0 N–H and O–H groups in total. The van der Waals surface area contributed by atoms with Crippen molar-refractivity contribution in [3.8, 4) is 0 Å². The Bertz CT molecular complexity index is 1560. The summed E-state index contributed by atoms with van der Waals surface area (Å²) in [5, 5.41) is 0. The van der Waals surface area contributed by atoms with Crippen LogP contribution in [0, 0.1) is 0 Å². The standard InChI is InChI=1S/C39H38Cl2/c1-24(2)30-19-13-21-32-36(30)34(28-15-9-7-10-16-28)26(5)38(32,40)23-39(41)27(6)35(29-17-11-8-12-18-29)37-31(25(3)4)20-14-22-33(37)39/h7-22,24-25H,23H2,1-6H3. The van der Waals surface area contributed by atoms with E-state index in [1.165, 1.54) is 66.8 Å². The highest BCUT2D eigenvalue weighted by Gasteiger charge is 2.52. The van der Waals surface area contributed by atoms with Gasteiger partial charge in [0.2, 0.25) is 0 Å². The molecule has 0 fully saturated rings. The van der Waals surface area contributed by atoms with Crippen molar-refractivity contribution in [2.24, 2.45) is 0 Å². The quantitative estimate of drug-likeness (QED) is 0.200. The van der Waals surface area contributed by atoms with E-state index in [1.54, 1.807) is 0 Å². The Hall–Kier alpha value is -3.06. The van der Waals surface area contributed by atoms with E-state index in [2.05, 4.69) is 139 Å². The first kappa shape index (κ1) is 28.1. The second-order valence-corrected chi connectivity index (χ2v) is 13.7. The van der Waals surface area contributed by atoms with Crippen molar-refractivity contribution >= 4 is 34.3 Å². The lowest BCUT2D eigenvalue weighted by atomic mass is 9.79. The Kier molecular flexibility index (Phi) is 7.08. The highest BCUT2D eigenvalue weighted by Crippen LogP contribution is 2.63. The fourth-order valence-corrected chi connectivity index (χ4v) is 8.19. The number of halogens is 2. The van der Waals surface area contributed by atoms with E-state index in [0.29, 0.717) is 18.3 Å². The molecule has 0 saturated heterocycles. The van der Waals surface area contributed by atoms with E-state index in [0.717, 1.165) is 0 Å². The number of rotatable bonds is 6. The first-order valence-electron chi connectivity index (χ1n) is 14.8. The van der Waals surface area contributed by atoms with Crippen molar-refractivity contribution in [3.05, 3.63) is 153 Å². The molecule has 0 radical (unpaired) electrons. The van der Waals surface area contributed by atoms with Crippen LogP contribution in [0.15, 0.2) is 108 Å². The molecule has 4 aromatic carbocycles. The number of allylic oxidation sites excluding steroid dienone is 2. The van der Waals surface area contributed by atoms with Gasteiger partial charge >= 0.3 is 0 Å². The molecule has 0 amide bonds. The zero-order valence-corrected chi connectivity index (χ0v) is 26.4. The van der Waals surface area contributed by atoms with Crippen LogP contribution in [0.1, 0.15) is 104 Å². The second-order valence-electron chi connectivity index (χ2n) is 12.4. The Balaban J connectivity index is 1.62. The molecule has 2 aliphatic carbocycles.